The second-order valence-electron chi connectivity index (χ2n) is 8.15. The van der Waals surface area contributed by atoms with Crippen LogP contribution in [0.25, 0.3) is 0 Å². The van der Waals surface area contributed by atoms with Gasteiger partial charge in [-0.25, -0.2) is 21.6 Å². The Balaban J connectivity index is 2.47. The summed E-state index contributed by atoms with van der Waals surface area (Å²) in [4.78, 5) is 13.1. The molecule has 182 valence electrons. The lowest BCUT2D eigenvalue weighted by molar-refractivity contribution is -0.116. The average Bonchev–Trinajstić information content (AvgIpc) is 2.68. The van der Waals surface area contributed by atoms with Crippen molar-refractivity contribution in [2.45, 2.75) is 51.6 Å². The number of sulfonamides is 2. The molecule has 2 rings (SSSR count). The van der Waals surface area contributed by atoms with E-state index in [0.717, 1.165) is 16.1 Å². The summed E-state index contributed by atoms with van der Waals surface area (Å²) in [6.45, 7) is 8.44. The molecule has 2 aromatic carbocycles. The van der Waals surface area contributed by atoms with E-state index < -0.39 is 32.0 Å². The minimum absolute atomic E-state index is 0.0607. The van der Waals surface area contributed by atoms with E-state index in [4.69, 9.17) is 4.74 Å². The average molecular weight is 498 g/mol. The molecule has 0 radical (unpaired) electrons. The van der Waals surface area contributed by atoms with Crippen molar-refractivity contribution in [2.24, 2.45) is 0 Å². The molecule has 1 amide bonds. The second kappa shape index (κ2) is 10.1. The largest absolute Gasteiger partial charge is 0.495 e. The summed E-state index contributed by atoms with van der Waals surface area (Å²) in [6.07, 6.45) is 1.03. The van der Waals surface area contributed by atoms with Crippen molar-refractivity contribution in [1.82, 2.24) is 4.72 Å². The topological polar surface area (TPSA) is 122 Å². The molecule has 0 aliphatic carbocycles. The zero-order valence-corrected chi connectivity index (χ0v) is 21.5. The maximum Gasteiger partial charge on any atom is 0.248 e. The van der Waals surface area contributed by atoms with Crippen LogP contribution in [0.4, 0.5) is 11.4 Å². The molecule has 0 saturated carbocycles. The number of rotatable bonds is 9. The van der Waals surface area contributed by atoms with E-state index in [1.165, 1.54) is 32.2 Å². The summed E-state index contributed by atoms with van der Waals surface area (Å²) in [5.41, 5.74) is 2.03. The molecule has 11 heteroatoms. The fourth-order valence-corrected chi connectivity index (χ4v) is 5.81. The van der Waals surface area contributed by atoms with Gasteiger partial charge in [-0.2, -0.15) is 0 Å². The van der Waals surface area contributed by atoms with Gasteiger partial charge < -0.3 is 10.1 Å². The molecule has 0 heterocycles. The van der Waals surface area contributed by atoms with Gasteiger partial charge in [0.05, 0.1) is 29.6 Å². The van der Waals surface area contributed by atoms with Gasteiger partial charge in [-0.1, -0.05) is 12.1 Å². The SMILES string of the molecule is COc1ccc(S(=O)(=O)NC(C)C)cc1NC(=O)[C@@H](C)N(c1cc(C)ccc1C)S(C)(=O)=O. The van der Waals surface area contributed by atoms with Crippen LogP contribution in [0.15, 0.2) is 41.3 Å². The van der Waals surface area contributed by atoms with Gasteiger partial charge in [0, 0.05) is 6.04 Å². The number of ether oxygens (including phenoxy) is 1. The molecule has 2 aromatic rings. The van der Waals surface area contributed by atoms with Crippen LogP contribution < -0.4 is 19.1 Å². The first-order valence-corrected chi connectivity index (χ1v) is 13.6. The van der Waals surface area contributed by atoms with Gasteiger partial charge in [0.2, 0.25) is 26.0 Å². The summed E-state index contributed by atoms with van der Waals surface area (Å²) >= 11 is 0. The molecule has 0 spiro atoms. The number of methoxy groups -OCH3 is 1. The quantitative estimate of drug-likeness (QED) is 0.549. The fourth-order valence-electron chi connectivity index (χ4n) is 3.31. The monoisotopic (exact) mass is 497 g/mol. The van der Waals surface area contributed by atoms with Gasteiger partial charge in [-0.15, -0.1) is 0 Å². The molecule has 0 aromatic heterocycles. The van der Waals surface area contributed by atoms with Crippen LogP contribution >= 0.6 is 0 Å². The highest BCUT2D eigenvalue weighted by Gasteiger charge is 2.31. The molecule has 1 atom stereocenters. The van der Waals surface area contributed by atoms with Crippen molar-refractivity contribution in [2.75, 3.05) is 23.0 Å². The van der Waals surface area contributed by atoms with Crippen molar-refractivity contribution >= 4 is 37.3 Å². The Morgan fingerprint density at radius 3 is 2.18 bits per heavy atom. The number of hydrogen-bond acceptors (Lipinski definition) is 6. The third-order valence-electron chi connectivity index (χ3n) is 4.82. The molecule has 0 bridgehead atoms. The lowest BCUT2D eigenvalue weighted by Gasteiger charge is -2.30. The molecular weight excluding hydrogens is 466 g/mol. The van der Waals surface area contributed by atoms with Crippen LogP contribution in [0.1, 0.15) is 31.9 Å². The third-order valence-corrected chi connectivity index (χ3v) is 7.70. The van der Waals surface area contributed by atoms with E-state index in [1.54, 1.807) is 32.9 Å². The highest BCUT2D eigenvalue weighted by atomic mass is 32.2. The number of aryl methyl sites for hydroxylation is 2. The first-order chi connectivity index (χ1) is 15.2. The Hall–Kier alpha value is -2.63. The normalized spacial score (nSPS) is 13.0. The Labute approximate surface area is 196 Å². The Kier molecular flexibility index (Phi) is 8.15. The number of carbonyl (C=O) groups excluding carboxylic acids is 1. The number of hydrogen-bond donors (Lipinski definition) is 2. The van der Waals surface area contributed by atoms with Gasteiger partial charge >= 0.3 is 0 Å². The molecule has 2 N–H and O–H groups in total. The molecule has 0 aliphatic heterocycles. The van der Waals surface area contributed by atoms with Gasteiger partial charge in [0.25, 0.3) is 0 Å². The van der Waals surface area contributed by atoms with Crippen LogP contribution in [-0.2, 0) is 24.8 Å². The highest BCUT2D eigenvalue weighted by Crippen LogP contribution is 2.30. The highest BCUT2D eigenvalue weighted by molar-refractivity contribution is 7.92. The summed E-state index contributed by atoms with van der Waals surface area (Å²) in [7, 11) is -6.26. The van der Waals surface area contributed by atoms with Crippen LogP contribution in [0.2, 0.25) is 0 Å². The number of benzene rings is 2. The van der Waals surface area contributed by atoms with Gasteiger partial charge in [0.1, 0.15) is 11.8 Å². The maximum absolute atomic E-state index is 13.1. The predicted molar refractivity (Wildman–Crippen MR) is 130 cm³/mol. The van der Waals surface area contributed by atoms with Crippen molar-refractivity contribution in [3.63, 3.8) is 0 Å². The van der Waals surface area contributed by atoms with Crippen molar-refractivity contribution in [3.05, 3.63) is 47.5 Å². The molecule has 33 heavy (non-hydrogen) atoms. The first kappa shape index (κ1) is 26.6. The zero-order valence-electron chi connectivity index (χ0n) is 19.8. The number of nitrogens with zero attached hydrogens (tertiary/aromatic N) is 1. The van der Waals surface area contributed by atoms with E-state index in [-0.39, 0.29) is 22.4 Å². The second-order valence-corrected chi connectivity index (χ2v) is 11.7. The number of amides is 1. The smallest absolute Gasteiger partial charge is 0.248 e. The maximum atomic E-state index is 13.1. The summed E-state index contributed by atoms with van der Waals surface area (Å²) in [5.74, 6) is -0.414. The Morgan fingerprint density at radius 1 is 1.00 bits per heavy atom. The van der Waals surface area contributed by atoms with Crippen molar-refractivity contribution in [1.29, 1.82) is 0 Å². The van der Waals surface area contributed by atoms with Crippen LogP contribution in [0, 0.1) is 13.8 Å². The van der Waals surface area contributed by atoms with Crippen LogP contribution in [0.3, 0.4) is 0 Å². The fraction of sp³-hybridized carbons (Fsp3) is 0.409. The first-order valence-electron chi connectivity index (χ1n) is 10.2. The molecule has 0 fully saturated rings. The Bertz CT molecular complexity index is 1240. The van der Waals surface area contributed by atoms with Crippen molar-refractivity contribution < 1.29 is 26.4 Å². The molecule has 0 unspecified atom stereocenters. The minimum atomic E-state index is -3.82. The lowest BCUT2D eigenvalue weighted by Crippen LogP contribution is -2.45. The number of nitrogens with one attached hydrogen (secondary N) is 2. The standard InChI is InChI=1S/C22H31N3O6S2/c1-14(2)24-33(29,30)18-10-11-21(31-6)19(13-18)23-22(26)17(5)25(32(7,27)28)20-12-15(3)8-9-16(20)4/h8-14,17,24H,1-7H3,(H,23,26)/t17-/m1/s1. The van der Waals surface area contributed by atoms with E-state index in [2.05, 4.69) is 10.0 Å². The molecule has 0 aliphatic rings. The number of carbonyl (C=O) groups is 1. The van der Waals surface area contributed by atoms with E-state index >= 15 is 0 Å². The van der Waals surface area contributed by atoms with E-state index in [0.29, 0.717) is 11.3 Å². The van der Waals surface area contributed by atoms with Crippen LogP contribution in [0.5, 0.6) is 5.75 Å². The third kappa shape index (κ3) is 6.46. The Morgan fingerprint density at radius 2 is 1.64 bits per heavy atom. The van der Waals surface area contributed by atoms with Crippen LogP contribution in [-0.4, -0.2) is 48.2 Å². The predicted octanol–water partition coefficient (Wildman–Crippen LogP) is 2.79. The summed E-state index contributed by atoms with van der Waals surface area (Å²) < 4.78 is 59.2. The van der Waals surface area contributed by atoms with E-state index in [1.807, 2.05) is 13.0 Å². The molecule has 0 saturated heterocycles. The summed E-state index contributed by atoms with van der Waals surface area (Å²) in [5, 5.41) is 2.62. The zero-order chi connectivity index (χ0) is 25.1. The minimum Gasteiger partial charge on any atom is -0.495 e. The summed E-state index contributed by atoms with van der Waals surface area (Å²) in [6, 6.07) is 7.95. The van der Waals surface area contributed by atoms with Gasteiger partial charge in [0.15, 0.2) is 0 Å². The van der Waals surface area contributed by atoms with E-state index in [9.17, 15) is 21.6 Å². The molecular formula is C22H31N3O6S2. The van der Waals surface area contributed by atoms with Gasteiger partial charge in [-0.05, 0) is 70.0 Å². The van der Waals surface area contributed by atoms with Crippen molar-refractivity contribution in [3.8, 4) is 5.75 Å². The lowest BCUT2D eigenvalue weighted by atomic mass is 10.1. The number of anilines is 2. The molecule has 9 nitrogen and oxygen atoms in total. The van der Waals surface area contributed by atoms with Gasteiger partial charge in [-0.3, -0.25) is 9.10 Å².